The van der Waals surface area contributed by atoms with Gasteiger partial charge in [0.25, 0.3) is 0 Å². The lowest BCUT2D eigenvalue weighted by Crippen LogP contribution is -2.27. The lowest BCUT2D eigenvalue weighted by Gasteiger charge is -2.13. The molecule has 2 aromatic rings. The Labute approximate surface area is 106 Å². The minimum Gasteiger partial charge on any atom is -0.548 e. The molecule has 96 valence electrons. The van der Waals surface area contributed by atoms with Crippen LogP contribution < -0.4 is 9.84 Å². The topological polar surface area (TPSA) is 54.3 Å². The van der Waals surface area contributed by atoms with Crippen molar-refractivity contribution in [2.45, 2.75) is 27.3 Å². The number of rotatable bonds is 3. The molecular weight excluding hydrogens is 230 g/mol. The average Bonchev–Trinajstić information content (AvgIpc) is 2.61. The molecule has 0 saturated heterocycles. The van der Waals surface area contributed by atoms with E-state index in [1.165, 1.54) is 0 Å². The first kappa shape index (κ1) is 12.5. The standard InChI is InChI=1S/C14H17NO3/c1-8-5-12(18-4)10(3)14-11(8)6-9(2)15(14)7-13(16)17/h5-6H,7H2,1-4H3,(H,16,17)/p-1. The van der Waals surface area contributed by atoms with E-state index in [-0.39, 0.29) is 6.54 Å². The summed E-state index contributed by atoms with van der Waals surface area (Å²) in [6.07, 6.45) is 0. The Morgan fingerprint density at radius 3 is 2.56 bits per heavy atom. The van der Waals surface area contributed by atoms with Crippen LogP contribution in [0.2, 0.25) is 0 Å². The number of ether oxygens (including phenoxy) is 1. The largest absolute Gasteiger partial charge is 0.548 e. The van der Waals surface area contributed by atoms with Crippen LogP contribution in [0.4, 0.5) is 0 Å². The van der Waals surface area contributed by atoms with Gasteiger partial charge in [0.15, 0.2) is 0 Å². The Bertz CT molecular complexity index is 626. The molecule has 0 aliphatic carbocycles. The third kappa shape index (κ3) is 1.83. The first-order chi connectivity index (χ1) is 8.45. The van der Waals surface area contributed by atoms with E-state index in [2.05, 4.69) is 0 Å². The Morgan fingerprint density at radius 1 is 1.33 bits per heavy atom. The maximum absolute atomic E-state index is 10.9. The highest BCUT2D eigenvalue weighted by molar-refractivity contribution is 5.90. The summed E-state index contributed by atoms with van der Waals surface area (Å²) in [6.45, 7) is 5.69. The van der Waals surface area contributed by atoms with Gasteiger partial charge in [-0.05, 0) is 38.5 Å². The second-order valence-corrected chi connectivity index (χ2v) is 4.53. The van der Waals surface area contributed by atoms with Gasteiger partial charge < -0.3 is 19.2 Å². The molecule has 0 saturated carbocycles. The number of fused-ring (bicyclic) bond motifs is 1. The van der Waals surface area contributed by atoms with E-state index >= 15 is 0 Å². The van der Waals surface area contributed by atoms with Crippen molar-refractivity contribution in [1.82, 2.24) is 4.57 Å². The molecular formula is C14H16NO3-. The van der Waals surface area contributed by atoms with Crippen molar-refractivity contribution in [2.24, 2.45) is 0 Å². The fraction of sp³-hybridized carbons (Fsp3) is 0.357. The molecule has 4 heteroatoms. The average molecular weight is 246 g/mol. The van der Waals surface area contributed by atoms with Gasteiger partial charge in [0.1, 0.15) is 5.75 Å². The van der Waals surface area contributed by atoms with Gasteiger partial charge >= 0.3 is 0 Å². The molecule has 1 heterocycles. The minimum absolute atomic E-state index is 0.136. The zero-order chi connectivity index (χ0) is 13.4. The van der Waals surface area contributed by atoms with E-state index in [1.54, 1.807) is 11.7 Å². The maximum Gasteiger partial charge on any atom is 0.124 e. The predicted molar refractivity (Wildman–Crippen MR) is 67.7 cm³/mol. The van der Waals surface area contributed by atoms with Crippen LogP contribution in [-0.4, -0.2) is 17.6 Å². The molecule has 2 rings (SSSR count). The second kappa shape index (κ2) is 4.37. The highest BCUT2D eigenvalue weighted by Gasteiger charge is 2.14. The summed E-state index contributed by atoms with van der Waals surface area (Å²) < 4.78 is 7.09. The molecule has 0 aliphatic heterocycles. The van der Waals surface area contributed by atoms with Gasteiger partial charge in [0.05, 0.1) is 25.1 Å². The van der Waals surface area contributed by atoms with Crippen LogP contribution in [-0.2, 0) is 11.3 Å². The third-order valence-electron chi connectivity index (χ3n) is 3.31. The first-order valence-electron chi connectivity index (χ1n) is 5.79. The van der Waals surface area contributed by atoms with Crippen LogP contribution in [0.1, 0.15) is 16.8 Å². The summed E-state index contributed by atoms with van der Waals surface area (Å²) >= 11 is 0. The number of hydrogen-bond acceptors (Lipinski definition) is 3. The summed E-state index contributed by atoms with van der Waals surface area (Å²) in [5, 5.41) is 11.9. The van der Waals surface area contributed by atoms with Crippen molar-refractivity contribution in [3.63, 3.8) is 0 Å². The number of carbonyl (C=O) groups is 1. The Kier molecular flexibility index (Phi) is 3.03. The normalized spacial score (nSPS) is 10.9. The van der Waals surface area contributed by atoms with Crippen LogP contribution >= 0.6 is 0 Å². The Balaban J connectivity index is 2.82. The summed E-state index contributed by atoms with van der Waals surface area (Å²) in [5.74, 6) is -0.312. The molecule has 18 heavy (non-hydrogen) atoms. The fourth-order valence-electron chi connectivity index (χ4n) is 2.43. The molecule has 0 spiro atoms. The molecule has 0 atom stereocenters. The van der Waals surface area contributed by atoms with E-state index < -0.39 is 5.97 Å². The quantitative estimate of drug-likeness (QED) is 0.820. The molecule has 4 nitrogen and oxygen atoms in total. The zero-order valence-electron chi connectivity index (χ0n) is 11.0. The molecule has 0 unspecified atom stereocenters. The smallest absolute Gasteiger partial charge is 0.124 e. The molecule has 0 amide bonds. The molecule has 0 N–H and O–H groups in total. The Hall–Kier alpha value is -1.97. The molecule has 1 aromatic heterocycles. The van der Waals surface area contributed by atoms with Crippen LogP contribution in [0.3, 0.4) is 0 Å². The molecule has 0 aliphatic rings. The number of carboxylic acids is 1. The number of aliphatic carboxylic acids is 1. The molecule has 0 fully saturated rings. The third-order valence-corrected chi connectivity index (χ3v) is 3.31. The highest BCUT2D eigenvalue weighted by Crippen LogP contribution is 2.32. The fourth-order valence-corrected chi connectivity index (χ4v) is 2.43. The van der Waals surface area contributed by atoms with Crippen LogP contribution in [0.25, 0.3) is 10.9 Å². The van der Waals surface area contributed by atoms with Gasteiger partial charge in [-0.15, -0.1) is 0 Å². The minimum atomic E-state index is -1.09. The van der Waals surface area contributed by atoms with Crippen LogP contribution in [0, 0.1) is 20.8 Å². The lowest BCUT2D eigenvalue weighted by molar-refractivity contribution is -0.306. The van der Waals surface area contributed by atoms with Gasteiger partial charge in [-0.3, -0.25) is 0 Å². The van der Waals surface area contributed by atoms with E-state index in [0.29, 0.717) is 0 Å². The first-order valence-corrected chi connectivity index (χ1v) is 5.79. The molecule has 1 aromatic carbocycles. The molecule has 0 radical (unpaired) electrons. The summed E-state index contributed by atoms with van der Waals surface area (Å²) in [5.41, 5.74) is 3.85. The summed E-state index contributed by atoms with van der Waals surface area (Å²) in [6, 6.07) is 3.97. The van der Waals surface area contributed by atoms with Crippen molar-refractivity contribution < 1.29 is 14.6 Å². The van der Waals surface area contributed by atoms with Crippen molar-refractivity contribution in [3.8, 4) is 5.75 Å². The maximum atomic E-state index is 10.9. The summed E-state index contributed by atoms with van der Waals surface area (Å²) in [7, 11) is 1.62. The van der Waals surface area contributed by atoms with Gasteiger partial charge in [0, 0.05) is 16.6 Å². The molecule has 0 bridgehead atoms. The van der Waals surface area contributed by atoms with Crippen molar-refractivity contribution in [3.05, 3.63) is 29.0 Å². The number of hydrogen-bond donors (Lipinski definition) is 0. The van der Waals surface area contributed by atoms with Crippen molar-refractivity contribution >= 4 is 16.9 Å². The number of benzene rings is 1. The monoisotopic (exact) mass is 246 g/mol. The van der Waals surface area contributed by atoms with Gasteiger partial charge in [-0.1, -0.05) is 0 Å². The number of aryl methyl sites for hydroxylation is 3. The van der Waals surface area contributed by atoms with Crippen molar-refractivity contribution in [2.75, 3.05) is 7.11 Å². The number of carbonyl (C=O) groups excluding carboxylic acids is 1. The van der Waals surface area contributed by atoms with E-state index in [0.717, 1.165) is 33.5 Å². The van der Waals surface area contributed by atoms with Gasteiger partial charge in [-0.25, -0.2) is 0 Å². The van der Waals surface area contributed by atoms with Crippen LogP contribution in [0.5, 0.6) is 5.75 Å². The van der Waals surface area contributed by atoms with Gasteiger partial charge in [-0.2, -0.15) is 0 Å². The number of aromatic nitrogens is 1. The van der Waals surface area contributed by atoms with E-state index in [4.69, 9.17) is 4.74 Å². The van der Waals surface area contributed by atoms with E-state index in [9.17, 15) is 9.90 Å². The van der Waals surface area contributed by atoms with Crippen molar-refractivity contribution in [1.29, 1.82) is 0 Å². The summed E-state index contributed by atoms with van der Waals surface area (Å²) in [4.78, 5) is 10.9. The highest BCUT2D eigenvalue weighted by atomic mass is 16.5. The number of methoxy groups -OCH3 is 1. The van der Waals surface area contributed by atoms with Gasteiger partial charge in [0.2, 0.25) is 0 Å². The lowest BCUT2D eigenvalue weighted by atomic mass is 10.1. The number of carboxylic acid groups (broad SMARTS) is 1. The number of nitrogens with zero attached hydrogens (tertiary/aromatic N) is 1. The Morgan fingerprint density at radius 2 is 2.00 bits per heavy atom. The predicted octanol–water partition coefficient (Wildman–Crippen LogP) is 1.33. The van der Waals surface area contributed by atoms with Crippen LogP contribution in [0.15, 0.2) is 12.1 Å². The van der Waals surface area contributed by atoms with E-state index in [1.807, 2.05) is 32.9 Å². The zero-order valence-corrected chi connectivity index (χ0v) is 11.0. The SMILES string of the molecule is COc1cc(C)c2cc(C)n(CC(=O)[O-])c2c1C. The second-order valence-electron chi connectivity index (χ2n) is 4.53.